The van der Waals surface area contributed by atoms with E-state index in [1.165, 1.54) is 18.2 Å². The summed E-state index contributed by atoms with van der Waals surface area (Å²) in [5, 5.41) is 12.2. The van der Waals surface area contributed by atoms with E-state index in [0.717, 1.165) is 7.11 Å². The van der Waals surface area contributed by atoms with E-state index < -0.39 is 18.0 Å². The van der Waals surface area contributed by atoms with Gasteiger partial charge >= 0.3 is 5.97 Å². The maximum atomic E-state index is 11.6. The first-order valence-corrected chi connectivity index (χ1v) is 5.70. The normalized spacial score (nSPS) is 11.8. The van der Waals surface area contributed by atoms with Gasteiger partial charge in [0.15, 0.2) is 6.10 Å². The number of methoxy groups -OCH3 is 1. The molecule has 1 aromatic rings. The number of carbonyl (C=O) groups excluding carboxylic acids is 2. The molecule has 1 rings (SSSR count). The molecule has 0 saturated heterocycles. The van der Waals surface area contributed by atoms with Crippen LogP contribution in [0, 0.1) is 0 Å². The van der Waals surface area contributed by atoms with Gasteiger partial charge in [-0.2, -0.15) is 0 Å². The quantitative estimate of drug-likeness (QED) is 0.819. The Labute approximate surface area is 114 Å². The zero-order valence-corrected chi connectivity index (χ0v) is 11.0. The van der Waals surface area contributed by atoms with Crippen LogP contribution in [-0.2, 0) is 9.53 Å². The van der Waals surface area contributed by atoms with E-state index >= 15 is 0 Å². The summed E-state index contributed by atoms with van der Waals surface area (Å²) in [6.45, 7) is -0.244. The number of esters is 1. The number of carbonyl (C=O) groups is 2. The number of amides is 1. The van der Waals surface area contributed by atoms with Crippen molar-refractivity contribution in [3.8, 4) is 0 Å². The number of halogens is 2. The Bertz CT molecular complexity index is 464. The largest absolute Gasteiger partial charge is 0.467 e. The van der Waals surface area contributed by atoms with Crippen molar-refractivity contribution in [3.63, 3.8) is 0 Å². The van der Waals surface area contributed by atoms with Gasteiger partial charge < -0.3 is 15.2 Å². The second-order valence-electron chi connectivity index (χ2n) is 3.38. The van der Waals surface area contributed by atoms with Crippen molar-refractivity contribution >= 4 is 35.1 Å². The molecule has 1 unspecified atom stereocenters. The average molecular weight is 292 g/mol. The van der Waals surface area contributed by atoms with Crippen molar-refractivity contribution in [2.75, 3.05) is 13.7 Å². The molecule has 18 heavy (non-hydrogen) atoms. The van der Waals surface area contributed by atoms with E-state index in [2.05, 4.69) is 10.1 Å². The molecule has 7 heteroatoms. The molecule has 0 aliphatic carbocycles. The summed E-state index contributed by atoms with van der Waals surface area (Å²) in [6, 6.07) is 4.35. The van der Waals surface area contributed by atoms with Crippen molar-refractivity contribution in [1.82, 2.24) is 5.32 Å². The maximum Gasteiger partial charge on any atom is 0.336 e. The number of hydrogen-bond acceptors (Lipinski definition) is 4. The summed E-state index contributed by atoms with van der Waals surface area (Å²) in [4.78, 5) is 22.5. The number of nitrogens with one attached hydrogen (secondary N) is 1. The number of ether oxygens (including phenoxy) is 1. The van der Waals surface area contributed by atoms with E-state index in [1.807, 2.05) is 0 Å². The number of hydrogen-bond donors (Lipinski definition) is 2. The van der Waals surface area contributed by atoms with E-state index in [0.29, 0.717) is 5.02 Å². The van der Waals surface area contributed by atoms with Gasteiger partial charge in [-0.05, 0) is 18.2 Å². The van der Waals surface area contributed by atoms with Crippen LogP contribution in [-0.4, -0.2) is 36.7 Å². The molecule has 5 nitrogen and oxygen atoms in total. The van der Waals surface area contributed by atoms with Gasteiger partial charge in [0, 0.05) is 5.56 Å². The van der Waals surface area contributed by atoms with Crippen LogP contribution in [0.25, 0.3) is 0 Å². The van der Waals surface area contributed by atoms with Gasteiger partial charge in [0.05, 0.1) is 23.7 Å². The fraction of sp³-hybridized carbons (Fsp3) is 0.273. The Morgan fingerprint density at radius 3 is 2.61 bits per heavy atom. The third-order valence-electron chi connectivity index (χ3n) is 2.11. The highest BCUT2D eigenvalue weighted by Gasteiger charge is 2.17. The van der Waals surface area contributed by atoms with E-state index in [-0.39, 0.29) is 17.1 Å². The number of aliphatic hydroxyl groups excluding tert-OH is 1. The summed E-state index contributed by atoms with van der Waals surface area (Å²) in [5.74, 6) is -1.29. The average Bonchev–Trinajstić information content (AvgIpc) is 2.37. The number of aliphatic hydroxyl groups is 1. The highest BCUT2D eigenvalue weighted by atomic mass is 35.5. The monoisotopic (exact) mass is 291 g/mol. The van der Waals surface area contributed by atoms with E-state index in [1.54, 1.807) is 0 Å². The van der Waals surface area contributed by atoms with Crippen molar-refractivity contribution in [2.45, 2.75) is 6.10 Å². The lowest BCUT2D eigenvalue weighted by molar-refractivity contribution is -0.149. The molecular weight excluding hydrogens is 281 g/mol. The van der Waals surface area contributed by atoms with Crippen LogP contribution < -0.4 is 5.32 Å². The van der Waals surface area contributed by atoms with Gasteiger partial charge in [-0.3, -0.25) is 4.79 Å². The molecular formula is C11H11Cl2NO4. The van der Waals surface area contributed by atoms with Crippen molar-refractivity contribution < 1.29 is 19.4 Å². The molecule has 0 aliphatic rings. The molecule has 0 bridgehead atoms. The van der Waals surface area contributed by atoms with Gasteiger partial charge in [0.2, 0.25) is 0 Å². The van der Waals surface area contributed by atoms with Crippen molar-refractivity contribution in [1.29, 1.82) is 0 Å². The zero-order chi connectivity index (χ0) is 13.7. The summed E-state index contributed by atoms with van der Waals surface area (Å²) in [7, 11) is 1.15. The topological polar surface area (TPSA) is 75.6 Å². The lowest BCUT2D eigenvalue weighted by atomic mass is 10.2. The minimum atomic E-state index is -1.40. The fourth-order valence-corrected chi connectivity index (χ4v) is 1.45. The first-order valence-electron chi connectivity index (χ1n) is 4.95. The molecule has 0 fully saturated rings. The Morgan fingerprint density at radius 2 is 2.06 bits per heavy atom. The smallest absolute Gasteiger partial charge is 0.336 e. The molecule has 1 aromatic carbocycles. The summed E-state index contributed by atoms with van der Waals surface area (Å²) in [6.07, 6.45) is -1.40. The minimum absolute atomic E-state index is 0.244. The highest BCUT2D eigenvalue weighted by molar-refractivity contribution is 6.42. The summed E-state index contributed by atoms with van der Waals surface area (Å²) < 4.78 is 4.31. The second-order valence-corrected chi connectivity index (χ2v) is 4.19. The third kappa shape index (κ3) is 3.87. The Kier molecular flexibility index (Phi) is 5.40. The van der Waals surface area contributed by atoms with Gasteiger partial charge in [-0.25, -0.2) is 4.79 Å². The maximum absolute atomic E-state index is 11.6. The highest BCUT2D eigenvalue weighted by Crippen LogP contribution is 2.22. The van der Waals surface area contributed by atoms with Crippen LogP contribution >= 0.6 is 23.2 Å². The second kappa shape index (κ2) is 6.58. The molecule has 2 N–H and O–H groups in total. The number of rotatable bonds is 4. The fourth-order valence-electron chi connectivity index (χ4n) is 1.15. The van der Waals surface area contributed by atoms with Crippen LogP contribution in [0.3, 0.4) is 0 Å². The van der Waals surface area contributed by atoms with Crippen LogP contribution in [0.4, 0.5) is 0 Å². The van der Waals surface area contributed by atoms with Gasteiger partial charge in [0.25, 0.3) is 5.91 Å². The zero-order valence-electron chi connectivity index (χ0n) is 9.44. The van der Waals surface area contributed by atoms with Crippen LogP contribution in [0.5, 0.6) is 0 Å². The van der Waals surface area contributed by atoms with E-state index in [9.17, 15) is 14.7 Å². The Morgan fingerprint density at radius 1 is 1.39 bits per heavy atom. The van der Waals surface area contributed by atoms with Gasteiger partial charge in [-0.1, -0.05) is 23.2 Å². The van der Waals surface area contributed by atoms with Crippen LogP contribution in [0.15, 0.2) is 18.2 Å². The predicted molar refractivity (Wildman–Crippen MR) is 66.8 cm³/mol. The lowest BCUT2D eigenvalue weighted by Gasteiger charge is -2.10. The molecule has 0 aliphatic heterocycles. The van der Waals surface area contributed by atoms with Gasteiger partial charge in [0.1, 0.15) is 0 Å². The van der Waals surface area contributed by atoms with Crippen LogP contribution in [0.1, 0.15) is 10.4 Å². The third-order valence-corrected chi connectivity index (χ3v) is 2.85. The van der Waals surface area contributed by atoms with Crippen molar-refractivity contribution in [3.05, 3.63) is 33.8 Å². The summed E-state index contributed by atoms with van der Waals surface area (Å²) in [5.41, 5.74) is 0.279. The Balaban J connectivity index is 2.60. The number of benzene rings is 1. The first-order chi connectivity index (χ1) is 8.45. The lowest BCUT2D eigenvalue weighted by Crippen LogP contribution is -2.37. The predicted octanol–water partition coefficient (Wildman–Crippen LogP) is 1.26. The molecule has 98 valence electrons. The van der Waals surface area contributed by atoms with Crippen molar-refractivity contribution in [2.24, 2.45) is 0 Å². The first kappa shape index (κ1) is 14.8. The Hall–Kier alpha value is -1.30. The van der Waals surface area contributed by atoms with Crippen LogP contribution in [0.2, 0.25) is 10.0 Å². The molecule has 0 spiro atoms. The molecule has 0 saturated carbocycles. The molecule has 0 aromatic heterocycles. The molecule has 0 radical (unpaired) electrons. The van der Waals surface area contributed by atoms with Gasteiger partial charge in [-0.15, -0.1) is 0 Å². The SMILES string of the molecule is COC(=O)C(O)CNC(=O)c1ccc(Cl)c(Cl)c1. The van der Waals surface area contributed by atoms with E-state index in [4.69, 9.17) is 23.2 Å². The molecule has 1 amide bonds. The minimum Gasteiger partial charge on any atom is -0.467 e. The molecule has 0 heterocycles. The standard InChI is InChI=1S/C11H11Cl2NO4/c1-18-11(17)9(15)5-14-10(16)6-2-3-7(12)8(13)4-6/h2-4,9,15H,5H2,1H3,(H,14,16). The summed E-state index contributed by atoms with van der Waals surface area (Å²) >= 11 is 11.5. The molecule has 1 atom stereocenters.